The molecule has 0 fully saturated rings. The Balaban J connectivity index is 4.37. The summed E-state index contributed by atoms with van der Waals surface area (Å²) in [5, 5.41) is 9.63. The Morgan fingerprint density at radius 1 is 0.552 bits per heavy atom. The maximum atomic E-state index is 12.7. The first-order chi connectivity index (χ1) is 28.1. The van der Waals surface area contributed by atoms with Gasteiger partial charge in [-0.15, -0.1) is 0 Å². The van der Waals surface area contributed by atoms with Crippen LogP contribution in [0.15, 0.2) is 60.8 Å². The number of carbonyl (C=O) groups excluding carboxylic acids is 2. The molecule has 0 aliphatic carbocycles. The number of unbranched alkanes of at least 4 members (excludes halogenated alkanes) is 18. The minimum absolute atomic E-state index is 0.0485. The normalized spacial score (nSPS) is 13.5. The fourth-order valence-electron chi connectivity index (χ4n) is 6.57. The molecule has 0 rings (SSSR count). The van der Waals surface area contributed by atoms with Crippen molar-refractivity contribution in [2.45, 2.75) is 199 Å². The highest BCUT2D eigenvalue weighted by Gasteiger charge is 2.31. The molecule has 8 heteroatoms. The van der Waals surface area contributed by atoms with Gasteiger partial charge in [0.2, 0.25) is 0 Å². The van der Waals surface area contributed by atoms with Crippen LogP contribution in [0.2, 0.25) is 0 Å². The largest absolute Gasteiger partial charge is 0.477 e. The van der Waals surface area contributed by atoms with E-state index in [-0.39, 0.29) is 36.2 Å². The van der Waals surface area contributed by atoms with Crippen LogP contribution in [0.3, 0.4) is 0 Å². The van der Waals surface area contributed by atoms with Crippen LogP contribution >= 0.6 is 0 Å². The molecule has 0 aliphatic heterocycles. The number of carboxylic acid groups (broad SMARTS) is 1. The molecular weight excluding hydrogens is 727 g/mol. The van der Waals surface area contributed by atoms with Gasteiger partial charge < -0.3 is 23.8 Å². The molecule has 58 heavy (non-hydrogen) atoms. The predicted molar refractivity (Wildman–Crippen MR) is 243 cm³/mol. The average Bonchev–Trinajstić information content (AvgIpc) is 3.18. The molecule has 0 saturated carbocycles. The van der Waals surface area contributed by atoms with Crippen molar-refractivity contribution in [2.75, 3.05) is 41.0 Å². The van der Waals surface area contributed by atoms with E-state index < -0.39 is 18.1 Å². The highest BCUT2D eigenvalue weighted by molar-refractivity contribution is 5.72. The lowest BCUT2D eigenvalue weighted by molar-refractivity contribution is -0.887. The maximum absolute atomic E-state index is 12.7. The number of carbonyl (C=O) groups is 3. The molecule has 2 atom stereocenters. The zero-order chi connectivity index (χ0) is 42.8. The van der Waals surface area contributed by atoms with Gasteiger partial charge in [0, 0.05) is 19.3 Å². The number of aliphatic carboxylic acids is 1. The Morgan fingerprint density at radius 2 is 1.02 bits per heavy atom. The van der Waals surface area contributed by atoms with Crippen molar-refractivity contribution in [3.05, 3.63) is 60.8 Å². The summed E-state index contributed by atoms with van der Waals surface area (Å²) < 4.78 is 17.3. The van der Waals surface area contributed by atoms with Crippen molar-refractivity contribution in [3.8, 4) is 0 Å². The van der Waals surface area contributed by atoms with E-state index in [9.17, 15) is 19.5 Å². The summed E-state index contributed by atoms with van der Waals surface area (Å²) in [6, 6.07) is -0.622. The second-order valence-corrected chi connectivity index (χ2v) is 16.7. The van der Waals surface area contributed by atoms with Crippen molar-refractivity contribution < 1.29 is 38.2 Å². The van der Waals surface area contributed by atoms with E-state index in [1.807, 2.05) is 21.1 Å². The number of nitrogens with zero attached hydrogens (tertiary/aromatic N) is 1. The van der Waals surface area contributed by atoms with Crippen LogP contribution in [0.1, 0.15) is 187 Å². The molecule has 0 aromatic carbocycles. The van der Waals surface area contributed by atoms with Crippen LogP contribution in [0.5, 0.6) is 0 Å². The number of esters is 2. The van der Waals surface area contributed by atoms with Gasteiger partial charge in [0.1, 0.15) is 6.61 Å². The third-order valence-electron chi connectivity index (χ3n) is 10.2. The molecule has 0 saturated heterocycles. The van der Waals surface area contributed by atoms with Crippen molar-refractivity contribution >= 4 is 17.9 Å². The van der Waals surface area contributed by atoms with E-state index in [0.29, 0.717) is 19.3 Å². The van der Waals surface area contributed by atoms with Crippen LogP contribution in [-0.2, 0) is 28.6 Å². The lowest BCUT2D eigenvalue weighted by atomic mass is 10.1. The van der Waals surface area contributed by atoms with Crippen molar-refractivity contribution in [1.82, 2.24) is 0 Å². The number of quaternary nitrogens is 1. The van der Waals surface area contributed by atoms with Gasteiger partial charge in [-0.3, -0.25) is 9.59 Å². The standard InChI is InChI=1S/C50H87NO7/c1-6-8-10-12-14-16-18-20-22-24-25-27-29-31-33-35-37-39-41-49(53)58-46(44-56-43-42-47(50(54)55)51(3,4)5)45-57-48(52)40-38-36-34-32-30-28-26-23-21-19-17-15-13-11-9-7-2/h9,11,15,17,21-25,27,46-47H,6-8,10,12-14,16,18-20,26,28-45H2,1-5H3/p+1/b11-9+,17-15+,23-21+,24-22+,27-25+. The summed E-state index contributed by atoms with van der Waals surface area (Å²) in [6.45, 7) is 4.59. The molecule has 0 radical (unpaired) electrons. The zero-order valence-corrected chi connectivity index (χ0v) is 38.0. The Kier molecular flexibility index (Phi) is 38.7. The van der Waals surface area contributed by atoms with Crippen LogP contribution in [-0.4, -0.2) is 80.6 Å². The number of likely N-dealkylation sites (N-methyl/N-ethyl adjacent to an activating group) is 1. The molecule has 2 unspecified atom stereocenters. The average molecular weight is 815 g/mol. The van der Waals surface area contributed by atoms with Gasteiger partial charge in [-0.25, -0.2) is 4.79 Å². The highest BCUT2D eigenvalue weighted by Crippen LogP contribution is 2.14. The van der Waals surface area contributed by atoms with Crippen LogP contribution < -0.4 is 0 Å². The summed E-state index contributed by atoms with van der Waals surface area (Å²) in [6.07, 6.45) is 49.7. The number of allylic oxidation sites excluding steroid dienone is 10. The second-order valence-electron chi connectivity index (χ2n) is 16.7. The van der Waals surface area contributed by atoms with E-state index in [1.54, 1.807) is 0 Å². The summed E-state index contributed by atoms with van der Waals surface area (Å²) >= 11 is 0. The lowest BCUT2D eigenvalue weighted by Crippen LogP contribution is -2.50. The Labute approximate surface area is 356 Å². The van der Waals surface area contributed by atoms with Gasteiger partial charge in [0.05, 0.1) is 34.4 Å². The van der Waals surface area contributed by atoms with Crippen molar-refractivity contribution in [1.29, 1.82) is 0 Å². The maximum Gasteiger partial charge on any atom is 0.362 e. The summed E-state index contributed by atoms with van der Waals surface area (Å²) in [5.41, 5.74) is 0. The third-order valence-corrected chi connectivity index (χ3v) is 10.2. The number of rotatable bonds is 41. The van der Waals surface area contributed by atoms with Crippen LogP contribution in [0, 0.1) is 0 Å². The fourth-order valence-corrected chi connectivity index (χ4v) is 6.57. The van der Waals surface area contributed by atoms with Gasteiger partial charge in [-0.1, -0.05) is 158 Å². The van der Waals surface area contributed by atoms with Crippen molar-refractivity contribution in [2.24, 2.45) is 0 Å². The predicted octanol–water partition coefficient (Wildman–Crippen LogP) is 13.0. The molecule has 1 N–H and O–H groups in total. The van der Waals surface area contributed by atoms with E-state index in [2.05, 4.69) is 74.6 Å². The molecule has 0 aromatic heterocycles. The SMILES string of the molecule is CC/C=C/C/C=C/C/C=C/CCCCCCCCC(=O)OCC(COCCC(C(=O)O)[N+](C)(C)C)OC(=O)CCCCCCC/C=C/C=C/CCCCCCCCC. The highest BCUT2D eigenvalue weighted by atomic mass is 16.6. The van der Waals surface area contributed by atoms with Gasteiger partial charge in [-0.05, 0) is 70.6 Å². The Bertz CT molecular complexity index is 1130. The monoisotopic (exact) mass is 815 g/mol. The summed E-state index contributed by atoms with van der Waals surface area (Å²) in [5.74, 6) is -1.51. The number of hydrogen-bond donors (Lipinski definition) is 1. The molecule has 0 bridgehead atoms. The Morgan fingerprint density at radius 3 is 1.53 bits per heavy atom. The fraction of sp³-hybridized carbons (Fsp3) is 0.740. The first-order valence-electron chi connectivity index (χ1n) is 23.3. The van der Waals surface area contributed by atoms with Gasteiger partial charge in [-0.2, -0.15) is 0 Å². The number of carboxylic acids is 1. The molecule has 0 amide bonds. The second kappa shape index (κ2) is 40.8. The quantitative estimate of drug-likeness (QED) is 0.0216. The zero-order valence-electron chi connectivity index (χ0n) is 38.0. The summed E-state index contributed by atoms with van der Waals surface area (Å²) in [4.78, 5) is 37.0. The summed E-state index contributed by atoms with van der Waals surface area (Å²) in [7, 11) is 5.52. The molecule has 0 heterocycles. The van der Waals surface area contributed by atoms with E-state index in [4.69, 9.17) is 14.2 Å². The minimum atomic E-state index is -0.881. The molecule has 8 nitrogen and oxygen atoms in total. The molecule has 0 aliphatic rings. The molecule has 0 spiro atoms. The topological polar surface area (TPSA) is 99.1 Å². The lowest BCUT2D eigenvalue weighted by Gasteiger charge is -2.31. The van der Waals surface area contributed by atoms with Gasteiger partial charge in [0.25, 0.3) is 0 Å². The van der Waals surface area contributed by atoms with E-state index >= 15 is 0 Å². The minimum Gasteiger partial charge on any atom is -0.477 e. The molecule has 334 valence electrons. The third kappa shape index (κ3) is 38.5. The van der Waals surface area contributed by atoms with E-state index in [0.717, 1.165) is 89.9 Å². The van der Waals surface area contributed by atoms with Gasteiger partial charge in [0.15, 0.2) is 12.1 Å². The smallest absolute Gasteiger partial charge is 0.362 e. The Hall–Kier alpha value is -2.97. The molecule has 0 aromatic rings. The first-order valence-corrected chi connectivity index (χ1v) is 23.3. The number of ether oxygens (including phenoxy) is 3. The van der Waals surface area contributed by atoms with Gasteiger partial charge >= 0.3 is 17.9 Å². The molecular formula is C50H88NO7+. The number of hydrogen-bond acceptors (Lipinski definition) is 6. The van der Waals surface area contributed by atoms with Crippen LogP contribution in [0.4, 0.5) is 0 Å². The van der Waals surface area contributed by atoms with Crippen LogP contribution in [0.25, 0.3) is 0 Å². The van der Waals surface area contributed by atoms with E-state index in [1.165, 1.54) is 64.2 Å². The van der Waals surface area contributed by atoms with Crippen molar-refractivity contribution in [3.63, 3.8) is 0 Å². The first kappa shape index (κ1) is 55.0.